The molecule has 0 amide bonds. The number of likely N-dealkylation sites (tertiary alicyclic amines) is 1. The molecule has 0 aliphatic carbocycles. The summed E-state index contributed by atoms with van der Waals surface area (Å²) in [5.41, 5.74) is 0.829. The fourth-order valence-corrected chi connectivity index (χ4v) is 3.97. The maximum Gasteiger partial charge on any atom is 0.244 e. The molecular weight excluding hydrogens is 364 g/mol. The summed E-state index contributed by atoms with van der Waals surface area (Å²) in [6.45, 7) is 2.93. The Kier molecular flexibility index (Phi) is 5.76. The van der Waals surface area contributed by atoms with Gasteiger partial charge in [-0.1, -0.05) is 11.2 Å². The highest BCUT2D eigenvalue weighted by molar-refractivity contribution is 7.09. The van der Waals surface area contributed by atoms with Gasteiger partial charge < -0.3 is 14.0 Å². The van der Waals surface area contributed by atoms with Crippen LogP contribution in [0, 0.1) is 0 Å². The van der Waals surface area contributed by atoms with Crippen molar-refractivity contribution in [3.63, 3.8) is 0 Å². The van der Waals surface area contributed by atoms with Crippen LogP contribution in [0.2, 0.25) is 0 Å². The van der Waals surface area contributed by atoms with E-state index in [1.165, 1.54) is 4.88 Å². The number of ether oxygens (including phenoxy) is 2. The Hall–Kier alpha value is -2.29. The van der Waals surface area contributed by atoms with Crippen molar-refractivity contribution < 1.29 is 14.0 Å². The van der Waals surface area contributed by atoms with E-state index >= 15 is 0 Å². The molecule has 27 heavy (non-hydrogen) atoms. The van der Waals surface area contributed by atoms with E-state index in [1.54, 1.807) is 24.6 Å². The highest BCUT2D eigenvalue weighted by Gasteiger charge is 2.31. The van der Waals surface area contributed by atoms with Gasteiger partial charge in [0.05, 0.1) is 12.6 Å². The summed E-state index contributed by atoms with van der Waals surface area (Å²) in [6, 6.07) is 8.11. The Morgan fingerprint density at radius 1 is 1.33 bits per heavy atom. The molecule has 1 aliphatic heterocycles. The van der Waals surface area contributed by atoms with Gasteiger partial charge >= 0.3 is 0 Å². The standard InChI is InChI=1S/C19H22N4O3S/c1-24-9-10-25-17-12-14(6-7-20-17)18-21-19(26-22-18)16-5-2-8-23(16)13-15-4-3-11-27-15/h3-4,6-7,11-12,16H,2,5,8-10,13H2,1H3/t16-/m1/s1. The van der Waals surface area contributed by atoms with Gasteiger partial charge in [0.25, 0.3) is 0 Å². The third-order valence-corrected chi connectivity index (χ3v) is 5.42. The first kappa shape index (κ1) is 18.1. The molecule has 1 saturated heterocycles. The zero-order valence-electron chi connectivity index (χ0n) is 15.2. The summed E-state index contributed by atoms with van der Waals surface area (Å²) >= 11 is 1.78. The molecule has 0 unspecified atom stereocenters. The van der Waals surface area contributed by atoms with Crippen molar-refractivity contribution in [1.29, 1.82) is 0 Å². The average Bonchev–Trinajstić information content (AvgIpc) is 3.44. The molecule has 4 rings (SSSR count). The molecule has 0 spiro atoms. The number of nitrogens with zero attached hydrogens (tertiary/aromatic N) is 4. The van der Waals surface area contributed by atoms with Crippen LogP contribution in [0.15, 0.2) is 40.4 Å². The van der Waals surface area contributed by atoms with E-state index in [-0.39, 0.29) is 6.04 Å². The summed E-state index contributed by atoms with van der Waals surface area (Å²) in [4.78, 5) is 12.6. The normalized spacial score (nSPS) is 17.4. The second-order valence-electron chi connectivity index (χ2n) is 6.39. The van der Waals surface area contributed by atoms with Crippen molar-refractivity contribution >= 4 is 11.3 Å². The van der Waals surface area contributed by atoms with Gasteiger partial charge in [-0.3, -0.25) is 4.90 Å². The first-order chi connectivity index (χ1) is 13.3. The van der Waals surface area contributed by atoms with Gasteiger partial charge in [-0.05, 0) is 36.9 Å². The maximum atomic E-state index is 5.61. The van der Waals surface area contributed by atoms with Crippen molar-refractivity contribution in [3.8, 4) is 17.3 Å². The lowest BCUT2D eigenvalue weighted by molar-refractivity contribution is 0.144. The maximum absolute atomic E-state index is 5.61. The highest BCUT2D eigenvalue weighted by Crippen LogP contribution is 2.34. The van der Waals surface area contributed by atoms with E-state index in [0.717, 1.165) is 31.5 Å². The lowest BCUT2D eigenvalue weighted by atomic mass is 10.2. The topological polar surface area (TPSA) is 73.5 Å². The van der Waals surface area contributed by atoms with Crippen molar-refractivity contribution in [2.45, 2.75) is 25.4 Å². The number of hydrogen-bond acceptors (Lipinski definition) is 8. The molecule has 142 valence electrons. The van der Waals surface area contributed by atoms with Crippen molar-refractivity contribution in [2.75, 3.05) is 26.9 Å². The molecule has 1 atom stereocenters. The number of methoxy groups -OCH3 is 1. The lowest BCUT2D eigenvalue weighted by Crippen LogP contribution is -2.22. The summed E-state index contributed by atoms with van der Waals surface area (Å²) in [5, 5.41) is 6.29. The summed E-state index contributed by atoms with van der Waals surface area (Å²) in [5.74, 6) is 1.76. The molecule has 0 bridgehead atoms. The molecule has 0 N–H and O–H groups in total. The van der Waals surface area contributed by atoms with Gasteiger partial charge in [-0.25, -0.2) is 4.98 Å². The molecule has 4 heterocycles. The average molecular weight is 386 g/mol. The fourth-order valence-electron chi connectivity index (χ4n) is 3.24. The van der Waals surface area contributed by atoms with Crippen molar-refractivity contribution in [3.05, 3.63) is 46.6 Å². The van der Waals surface area contributed by atoms with Crippen LogP contribution < -0.4 is 4.74 Å². The second kappa shape index (κ2) is 8.60. The Balaban J connectivity index is 1.47. The summed E-state index contributed by atoms with van der Waals surface area (Å²) in [7, 11) is 1.64. The van der Waals surface area contributed by atoms with Crippen LogP contribution in [0.25, 0.3) is 11.4 Å². The van der Waals surface area contributed by atoms with Crippen LogP contribution in [0.1, 0.15) is 29.7 Å². The Bertz CT molecular complexity index is 852. The molecule has 7 nitrogen and oxygen atoms in total. The van der Waals surface area contributed by atoms with E-state index in [0.29, 0.717) is 30.8 Å². The van der Waals surface area contributed by atoms with Crippen molar-refractivity contribution in [2.24, 2.45) is 0 Å². The van der Waals surface area contributed by atoms with Crippen LogP contribution >= 0.6 is 11.3 Å². The van der Waals surface area contributed by atoms with E-state index in [2.05, 4.69) is 37.5 Å². The fraction of sp³-hybridized carbons (Fsp3) is 0.421. The van der Waals surface area contributed by atoms with E-state index < -0.39 is 0 Å². The van der Waals surface area contributed by atoms with Crippen molar-refractivity contribution in [1.82, 2.24) is 20.0 Å². The molecule has 0 aromatic carbocycles. The van der Waals surface area contributed by atoms with Crippen LogP contribution in [-0.4, -0.2) is 46.9 Å². The first-order valence-corrected chi connectivity index (χ1v) is 9.89. The Morgan fingerprint density at radius 2 is 2.30 bits per heavy atom. The Labute approximate surface area is 161 Å². The minimum absolute atomic E-state index is 0.174. The van der Waals surface area contributed by atoms with Crippen LogP contribution in [0.5, 0.6) is 5.88 Å². The predicted octanol–water partition coefficient (Wildman–Crippen LogP) is 3.56. The number of pyridine rings is 1. The van der Waals surface area contributed by atoms with Gasteiger partial charge in [-0.15, -0.1) is 11.3 Å². The van der Waals surface area contributed by atoms with Crippen LogP contribution in [0.3, 0.4) is 0 Å². The minimum atomic E-state index is 0.174. The predicted molar refractivity (Wildman–Crippen MR) is 102 cm³/mol. The van der Waals surface area contributed by atoms with Gasteiger partial charge in [-0.2, -0.15) is 4.98 Å². The molecule has 3 aromatic heterocycles. The summed E-state index contributed by atoms with van der Waals surface area (Å²) < 4.78 is 16.2. The second-order valence-corrected chi connectivity index (χ2v) is 7.42. The molecule has 8 heteroatoms. The Morgan fingerprint density at radius 3 is 3.15 bits per heavy atom. The lowest BCUT2D eigenvalue weighted by Gasteiger charge is -2.20. The monoisotopic (exact) mass is 386 g/mol. The zero-order valence-corrected chi connectivity index (χ0v) is 16.0. The molecule has 1 aliphatic rings. The first-order valence-electron chi connectivity index (χ1n) is 9.01. The van der Waals surface area contributed by atoms with Gasteiger partial charge in [0.15, 0.2) is 0 Å². The van der Waals surface area contributed by atoms with E-state index in [4.69, 9.17) is 14.0 Å². The molecular formula is C19H22N4O3S. The van der Waals surface area contributed by atoms with Gasteiger partial charge in [0.2, 0.25) is 17.6 Å². The van der Waals surface area contributed by atoms with E-state index in [9.17, 15) is 0 Å². The zero-order chi connectivity index (χ0) is 18.5. The third kappa shape index (κ3) is 4.35. The largest absolute Gasteiger partial charge is 0.475 e. The number of rotatable bonds is 8. The highest BCUT2D eigenvalue weighted by atomic mass is 32.1. The molecule has 1 fully saturated rings. The smallest absolute Gasteiger partial charge is 0.244 e. The quantitative estimate of drug-likeness (QED) is 0.548. The number of aromatic nitrogens is 3. The number of hydrogen-bond donors (Lipinski definition) is 0. The molecule has 0 saturated carbocycles. The van der Waals surface area contributed by atoms with Crippen LogP contribution in [-0.2, 0) is 11.3 Å². The summed E-state index contributed by atoms with van der Waals surface area (Å²) in [6.07, 6.45) is 3.86. The van der Waals surface area contributed by atoms with Crippen LogP contribution in [0.4, 0.5) is 0 Å². The molecule has 0 radical (unpaired) electrons. The minimum Gasteiger partial charge on any atom is -0.475 e. The third-order valence-electron chi connectivity index (χ3n) is 4.56. The number of thiophene rings is 1. The van der Waals surface area contributed by atoms with Gasteiger partial charge in [0.1, 0.15) is 6.61 Å². The van der Waals surface area contributed by atoms with Gasteiger partial charge in [0, 0.05) is 36.4 Å². The van der Waals surface area contributed by atoms with E-state index in [1.807, 2.05) is 12.1 Å². The SMILES string of the molecule is COCCOc1cc(-c2noc([C@H]3CCCN3Cc3cccs3)n2)ccn1. The molecule has 3 aromatic rings.